The van der Waals surface area contributed by atoms with E-state index >= 15 is 0 Å². The van der Waals surface area contributed by atoms with Gasteiger partial charge >= 0.3 is 0 Å². The van der Waals surface area contributed by atoms with E-state index in [1.807, 2.05) is 6.92 Å². The number of hydrogen-bond donors (Lipinski definition) is 0. The van der Waals surface area contributed by atoms with Gasteiger partial charge in [-0.15, -0.1) is 11.6 Å². The van der Waals surface area contributed by atoms with Crippen LogP contribution in [0, 0.1) is 0 Å². The van der Waals surface area contributed by atoms with Crippen LogP contribution in [0.1, 0.15) is 20.3 Å². The molecule has 0 fully saturated rings. The molecule has 0 amide bonds. The van der Waals surface area contributed by atoms with Gasteiger partial charge in [0, 0.05) is 25.6 Å². The zero-order valence-electron chi connectivity index (χ0n) is 8.18. The minimum absolute atomic E-state index is 0.714. The van der Waals surface area contributed by atoms with E-state index in [9.17, 15) is 0 Å². The fourth-order valence-electron chi connectivity index (χ4n) is 1.11. The van der Waals surface area contributed by atoms with Crippen LogP contribution in [-0.2, 0) is 4.74 Å². The largest absolute Gasteiger partial charge is 0.380 e. The highest BCUT2D eigenvalue weighted by Crippen LogP contribution is 1.92. The van der Waals surface area contributed by atoms with Crippen molar-refractivity contribution in [2.75, 3.05) is 38.7 Å². The van der Waals surface area contributed by atoms with Crippen LogP contribution >= 0.6 is 11.6 Å². The second-order valence-electron chi connectivity index (χ2n) is 2.73. The monoisotopic (exact) mass is 193 g/mol. The summed E-state index contributed by atoms with van der Waals surface area (Å²) in [7, 11) is 0. The molecule has 0 saturated carbocycles. The molecule has 0 aliphatic rings. The molecule has 0 heterocycles. The third-order valence-corrected chi connectivity index (χ3v) is 1.87. The Hall–Kier alpha value is 0.210. The summed E-state index contributed by atoms with van der Waals surface area (Å²) in [5.74, 6) is 0.714. The molecule has 0 aliphatic carbocycles. The molecule has 0 N–H and O–H groups in total. The topological polar surface area (TPSA) is 12.5 Å². The molecule has 2 nitrogen and oxygen atoms in total. The van der Waals surface area contributed by atoms with Gasteiger partial charge in [0.2, 0.25) is 0 Å². The third-order valence-electron chi connectivity index (χ3n) is 1.70. The fourth-order valence-corrected chi connectivity index (χ4v) is 1.35. The smallest absolute Gasteiger partial charge is 0.0593 e. The number of nitrogens with zero attached hydrogens (tertiary/aromatic N) is 1. The highest BCUT2D eigenvalue weighted by molar-refractivity contribution is 6.18. The summed E-state index contributed by atoms with van der Waals surface area (Å²) in [6.07, 6.45) is 1.18. The Bertz CT molecular complexity index is 84.6. The lowest BCUT2D eigenvalue weighted by Crippen LogP contribution is -2.30. The first-order chi connectivity index (χ1) is 5.85. The van der Waals surface area contributed by atoms with Gasteiger partial charge in [-0.05, 0) is 19.9 Å². The molecule has 0 aliphatic heterocycles. The van der Waals surface area contributed by atoms with Crippen LogP contribution in [0.5, 0.6) is 0 Å². The van der Waals surface area contributed by atoms with Crippen molar-refractivity contribution in [1.29, 1.82) is 0 Å². The normalized spacial score (nSPS) is 11.0. The van der Waals surface area contributed by atoms with Gasteiger partial charge in [0.25, 0.3) is 0 Å². The van der Waals surface area contributed by atoms with Crippen molar-refractivity contribution >= 4 is 11.6 Å². The number of hydrogen-bond acceptors (Lipinski definition) is 2. The molecule has 0 radical (unpaired) electrons. The number of alkyl halides is 1. The van der Waals surface area contributed by atoms with Gasteiger partial charge in [-0.25, -0.2) is 0 Å². The first-order valence-electron chi connectivity index (χ1n) is 4.71. The second-order valence-corrected chi connectivity index (χ2v) is 3.11. The molecule has 0 rings (SSSR count). The van der Waals surface area contributed by atoms with Crippen LogP contribution in [0.25, 0.3) is 0 Å². The van der Waals surface area contributed by atoms with E-state index in [4.69, 9.17) is 16.3 Å². The molecule has 74 valence electrons. The standard InChI is InChI=1S/C9H20ClNO/c1-3-6-11(7-5-10)8-9-12-4-2/h3-9H2,1-2H3. The molecule has 0 aromatic heterocycles. The lowest BCUT2D eigenvalue weighted by atomic mass is 10.4. The molecular weight excluding hydrogens is 174 g/mol. The molecule has 0 unspecified atom stereocenters. The van der Waals surface area contributed by atoms with Crippen LogP contribution in [-0.4, -0.2) is 43.6 Å². The van der Waals surface area contributed by atoms with Crippen molar-refractivity contribution in [2.45, 2.75) is 20.3 Å². The molecule has 0 saturated heterocycles. The second kappa shape index (κ2) is 9.30. The Morgan fingerprint density at radius 3 is 2.42 bits per heavy atom. The van der Waals surface area contributed by atoms with Gasteiger partial charge in [0.05, 0.1) is 6.61 Å². The van der Waals surface area contributed by atoms with Gasteiger partial charge in [0.15, 0.2) is 0 Å². The fraction of sp³-hybridized carbons (Fsp3) is 1.00. The minimum Gasteiger partial charge on any atom is -0.380 e. The predicted molar refractivity (Wildman–Crippen MR) is 53.9 cm³/mol. The Kier molecular flexibility index (Phi) is 9.46. The van der Waals surface area contributed by atoms with E-state index in [1.54, 1.807) is 0 Å². The maximum Gasteiger partial charge on any atom is 0.0593 e. The lowest BCUT2D eigenvalue weighted by Gasteiger charge is -2.19. The van der Waals surface area contributed by atoms with Crippen LogP contribution in [0.2, 0.25) is 0 Å². The molecule has 3 heteroatoms. The van der Waals surface area contributed by atoms with Crippen molar-refractivity contribution in [3.8, 4) is 0 Å². The quantitative estimate of drug-likeness (QED) is 0.432. The van der Waals surface area contributed by atoms with Crippen molar-refractivity contribution in [3.05, 3.63) is 0 Å². The van der Waals surface area contributed by atoms with Crippen molar-refractivity contribution in [3.63, 3.8) is 0 Å². The molecule has 0 bridgehead atoms. The van der Waals surface area contributed by atoms with Crippen LogP contribution in [0.4, 0.5) is 0 Å². The Morgan fingerprint density at radius 1 is 1.17 bits per heavy atom. The summed E-state index contributed by atoms with van der Waals surface area (Å²) in [6.45, 7) is 8.94. The summed E-state index contributed by atoms with van der Waals surface area (Å²) in [5.41, 5.74) is 0. The van der Waals surface area contributed by atoms with Gasteiger partial charge in [-0.1, -0.05) is 6.92 Å². The summed E-state index contributed by atoms with van der Waals surface area (Å²) in [5, 5.41) is 0. The average molecular weight is 194 g/mol. The molecule has 12 heavy (non-hydrogen) atoms. The van der Waals surface area contributed by atoms with Crippen LogP contribution in [0.3, 0.4) is 0 Å². The van der Waals surface area contributed by atoms with Crippen molar-refractivity contribution < 1.29 is 4.74 Å². The highest BCUT2D eigenvalue weighted by Gasteiger charge is 2.01. The van der Waals surface area contributed by atoms with E-state index in [1.165, 1.54) is 6.42 Å². The van der Waals surface area contributed by atoms with Crippen molar-refractivity contribution in [2.24, 2.45) is 0 Å². The van der Waals surface area contributed by atoms with E-state index in [2.05, 4.69) is 11.8 Å². The lowest BCUT2D eigenvalue weighted by molar-refractivity contribution is 0.115. The van der Waals surface area contributed by atoms with Gasteiger partial charge in [-0.2, -0.15) is 0 Å². The summed E-state index contributed by atoms with van der Waals surface area (Å²) < 4.78 is 5.27. The van der Waals surface area contributed by atoms with Gasteiger partial charge in [-0.3, -0.25) is 4.90 Å². The maximum atomic E-state index is 5.66. The minimum atomic E-state index is 0.714. The van der Waals surface area contributed by atoms with Crippen LogP contribution in [0.15, 0.2) is 0 Å². The summed E-state index contributed by atoms with van der Waals surface area (Å²) in [6, 6.07) is 0. The van der Waals surface area contributed by atoms with E-state index in [-0.39, 0.29) is 0 Å². The predicted octanol–water partition coefficient (Wildman–Crippen LogP) is 1.97. The zero-order chi connectivity index (χ0) is 9.23. The average Bonchev–Trinajstić information content (AvgIpc) is 2.06. The Labute approximate surface area is 80.8 Å². The van der Waals surface area contributed by atoms with Gasteiger partial charge in [0.1, 0.15) is 0 Å². The molecular formula is C9H20ClNO. The number of rotatable bonds is 8. The molecule has 0 atom stereocenters. The van der Waals surface area contributed by atoms with E-state index in [0.29, 0.717) is 5.88 Å². The van der Waals surface area contributed by atoms with Crippen molar-refractivity contribution in [1.82, 2.24) is 4.90 Å². The maximum absolute atomic E-state index is 5.66. The Balaban J connectivity index is 3.34. The molecule has 0 aromatic carbocycles. The number of ether oxygens (including phenoxy) is 1. The molecule has 0 aromatic rings. The SMILES string of the molecule is CCCN(CCCl)CCOCC. The third kappa shape index (κ3) is 6.89. The highest BCUT2D eigenvalue weighted by atomic mass is 35.5. The molecule has 0 spiro atoms. The summed E-state index contributed by atoms with van der Waals surface area (Å²) >= 11 is 5.66. The first kappa shape index (κ1) is 12.2. The van der Waals surface area contributed by atoms with Gasteiger partial charge < -0.3 is 4.74 Å². The Morgan fingerprint density at radius 2 is 1.92 bits per heavy atom. The summed E-state index contributed by atoms with van der Waals surface area (Å²) in [4.78, 5) is 2.34. The van der Waals surface area contributed by atoms with Crippen LogP contribution < -0.4 is 0 Å². The van der Waals surface area contributed by atoms with E-state index in [0.717, 1.165) is 32.8 Å². The number of halogens is 1. The zero-order valence-corrected chi connectivity index (χ0v) is 8.94. The first-order valence-corrected chi connectivity index (χ1v) is 5.24. The van der Waals surface area contributed by atoms with E-state index < -0.39 is 0 Å².